The molecule has 1 saturated carbocycles. The molecule has 2 aromatic rings. The zero-order chi connectivity index (χ0) is 14.3. The SMILES string of the molecule is CN(c1ccc2scnc2c1[N+](=O)[O-])C(CN)C1CC1. The van der Waals surface area contributed by atoms with E-state index in [1.54, 1.807) is 5.51 Å². The minimum absolute atomic E-state index is 0.0883. The highest BCUT2D eigenvalue weighted by Gasteiger charge is 2.35. The van der Waals surface area contributed by atoms with Crippen LogP contribution in [0.4, 0.5) is 11.4 Å². The van der Waals surface area contributed by atoms with E-state index in [4.69, 9.17) is 5.73 Å². The summed E-state index contributed by atoms with van der Waals surface area (Å²) in [5, 5.41) is 11.4. The number of hydrogen-bond donors (Lipinski definition) is 1. The van der Waals surface area contributed by atoms with Gasteiger partial charge in [-0.2, -0.15) is 0 Å². The van der Waals surface area contributed by atoms with Crippen molar-refractivity contribution in [2.45, 2.75) is 18.9 Å². The Kier molecular flexibility index (Phi) is 3.31. The molecule has 2 N–H and O–H groups in total. The number of likely N-dealkylation sites (N-methyl/N-ethyl adjacent to an activating group) is 1. The number of nitro benzene ring substituents is 1. The molecule has 3 rings (SSSR count). The number of rotatable bonds is 5. The molecule has 106 valence electrons. The van der Waals surface area contributed by atoms with Gasteiger partial charge in [0.2, 0.25) is 0 Å². The second-order valence-corrected chi connectivity index (χ2v) is 6.03. The normalized spacial score (nSPS) is 16.3. The molecule has 1 aliphatic rings. The van der Waals surface area contributed by atoms with Crippen molar-refractivity contribution in [3.63, 3.8) is 0 Å². The highest BCUT2D eigenvalue weighted by molar-refractivity contribution is 7.16. The van der Waals surface area contributed by atoms with Gasteiger partial charge in [-0.15, -0.1) is 11.3 Å². The average Bonchev–Trinajstić information content (AvgIpc) is 3.14. The highest BCUT2D eigenvalue weighted by Crippen LogP contribution is 2.41. The Morgan fingerprint density at radius 3 is 2.95 bits per heavy atom. The highest BCUT2D eigenvalue weighted by atomic mass is 32.1. The van der Waals surface area contributed by atoms with Crippen LogP contribution >= 0.6 is 11.3 Å². The molecule has 1 fully saturated rings. The van der Waals surface area contributed by atoms with Crippen molar-refractivity contribution >= 4 is 32.9 Å². The van der Waals surface area contributed by atoms with Crippen LogP contribution in [0, 0.1) is 16.0 Å². The molecule has 6 nitrogen and oxygen atoms in total. The minimum Gasteiger partial charge on any atom is -0.364 e. The summed E-state index contributed by atoms with van der Waals surface area (Å²) in [5.74, 6) is 0.552. The van der Waals surface area contributed by atoms with Crippen molar-refractivity contribution < 1.29 is 4.92 Å². The van der Waals surface area contributed by atoms with Gasteiger partial charge in [0.1, 0.15) is 5.69 Å². The number of hydrogen-bond acceptors (Lipinski definition) is 6. The van der Waals surface area contributed by atoms with Gasteiger partial charge in [-0.25, -0.2) is 4.98 Å². The molecule has 20 heavy (non-hydrogen) atoms. The van der Waals surface area contributed by atoms with Gasteiger partial charge in [-0.1, -0.05) is 0 Å². The van der Waals surface area contributed by atoms with Gasteiger partial charge in [0, 0.05) is 19.6 Å². The quantitative estimate of drug-likeness (QED) is 0.675. The summed E-state index contributed by atoms with van der Waals surface area (Å²) in [6, 6.07) is 3.86. The summed E-state index contributed by atoms with van der Waals surface area (Å²) in [5.41, 5.74) is 8.65. The summed E-state index contributed by atoms with van der Waals surface area (Å²) in [6.45, 7) is 0.507. The smallest absolute Gasteiger partial charge is 0.319 e. The van der Waals surface area contributed by atoms with E-state index in [2.05, 4.69) is 4.98 Å². The van der Waals surface area contributed by atoms with E-state index >= 15 is 0 Å². The van der Waals surface area contributed by atoms with Gasteiger partial charge in [-0.3, -0.25) is 10.1 Å². The number of nitrogens with two attached hydrogens (primary N) is 1. The maximum Gasteiger partial charge on any atom is 0.319 e. The van der Waals surface area contributed by atoms with Crippen molar-refractivity contribution in [3.05, 3.63) is 27.8 Å². The van der Waals surface area contributed by atoms with E-state index in [1.165, 1.54) is 11.3 Å². The predicted octanol–water partition coefficient (Wildman–Crippen LogP) is 2.38. The predicted molar refractivity (Wildman–Crippen MR) is 80.2 cm³/mol. The van der Waals surface area contributed by atoms with E-state index in [1.807, 2.05) is 24.1 Å². The Labute approximate surface area is 120 Å². The molecular formula is C13H16N4O2S. The Hall–Kier alpha value is -1.73. The first-order valence-corrected chi connectivity index (χ1v) is 7.45. The number of nitrogens with zero attached hydrogens (tertiary/aromatic N) is 3. The molecule has 1 unspecified atom stereocenters. The number of aromatic nitrogens is 1. The van der Waals surface area contributed by atoms with Crippen molar-refractivity contribution in [3.8, 4) is 0 Å². The van der Waals surface area contributed by atoms with E-state index in [0.717, 1.165) is 17.5 Å². The molecule has 7 heteroatoms. The standard InChI is InChI=1S/C13H16N4O2S/c1-16(10(6-14)8-2-3-8)9-4-5-11-12(15-7-20-11)13(9)17(18)19/h4-5,7-8,10H,2-3,6,14H2,1H3. The maximum absolute atomic E-state index is 11.4. The zero-order valence-corrected chi connectivity index (χ0v) is 12.0. The third-order valence-electron chi connectivity index (χ3n) is 3.92. The van der Waals surface area contributed by atoms with Gasteiger partial charge >= 0.3 is 5.69 Å². The Balaban J connectivity index is 2.09. The topological polar surface area (TPSA) is 85.3 Å². The summed E-state index contributed by atoms with van der Waals surface area (Å²) < 4.78 is 0.838. The molecule has 0 saturated heterocycles. The van der Waals surface area contributed by atoms with Gasteiger partial charge in [0.05, 0.1) is 15.1 Å². The Morgan fingerprint density at radius 1 is 1.60 bits per heavy atom. The van der Waals surface area contributed by atoms with Crippen molar-refractivity contribution in [2.75, 3.05) is 18.5 Å². The van der Waals surface area contributed by atoms with E-state index in [9.17, 15) is 10.1 Å². The van der Waals surface area contributed by atoms with E-state index in [-0.39, 0.29) is 16.7 Å². The zero-order valence-electron chi connectivity index (χ0n) is 11.2. The Morgan fingerprint density at radius 2 is 2.35 bits per heavy atom. The monoisotopic (exact) mass is 292 g/mol. The number of nitro groups is 1. The largest absolute Gasteiger partial charge is 0.364 e. The summed E-state index contributed by atoms with van der Waals surface area (Å²) in [4.78, 5) is 17.2. The number of benzene rings is 1. The first kappa shape index (κ1) is 13.3. The summed E-state index contributed by atoms with van der Waals surface area (Å²) in [7, 11) is 1.89. The lowest BCUT2D eigenvalue weighted by Gasteiger charge is -2.28. The van der Waals surface area contributed by atoms with Gasteiger partial charge < -0.3 is 10.6 Å². The maximum atomic E-state index is 11.4. The molecule has 1 aromatic carbocycles. The van der Waals surface area contributed by atoms with Crippen LogP contribution in [0.3, 0.4) is 0 Å². The summed E-state index contributed by atoms with van der Waals surface area (Å²) >= 11 is 1.41. The molecular weight excluding hydrogens is 276 g/mol. The number of anilines is 1. The summed E-state index contributed by atoms with van der Waals surface area (Å²) in [6.07, 6.45) is 2.30. The first-order chi connectivity index (χ1) is 9.63. The molecule has 0 radical (unpaired) electrons. The minimum atomic E-state index is -0.339. The van der Waals surface area contributed by atoms with Crippen molar-refractivity contribution in [1.82, 2.24) is 4.98 Å². The molecule has 0 aliphatic heterocycles. The Bertz CT molecular complexity index is 653. The van der Waals surface area contributed by atoms with Gasteiger partial charge in [0.25, 0.3) is 0 Å². The number of thiazole rings is 1. The lowest BCUT2D eigenvalue weighted by Crippen LogP contribution is -2.40. The molecule has 1 heterocycles. The van der Waals surface area contributed by atoms with E-state index in [0.29, 0.717) is 23.7 Å². The third kappa shape index (κ3) is 2.12. The van der Waals surface area contributed by atoms with Crippen LogP contribution in [-0.2, 0) is 0 Å². The third-order valence-corrected chi connectivity index (χ3v) is 4.72. The van der Waals surface area contributed by atoms with Crippen molar-refractivity contribution in [2.24, 2.45) is 11.7 Å². The molecule has 0 amide bonds. The van der Waals surface area contributed by atoms with Crippen LogP contribution < -0.4 is 10.6 Å². The molecule has 0 spiro atoms. The number of fused-ring (bicyclic) bond motifs is 1. The fourth-order valence-corrected chi connectivity index (χ4v) is 3.38. The first-order valence-electron chi connectivity index (χ1n) is 6.57. The lowest BCUT2D eigenvalue weighted by molar-refractivity contribution is -0.382. The van der Waals surface area contributed by atoms with Gasteiger partial charge in [-0.05, 0) is 30.9 Å². The van der Waals surface area contributed by atoms with Gasteiger partial charge in [0.15, 0.2) is 5.52 Å². The van der Waals surface area contributed by atoms with Crippen LogP contribution in [-0.4, -0.2) is 29.5 Å². The van der Waals surface area contributed by atoms with Crippen molar-refractivity contribution in [1.29, 1.82) is 0 Å². The molecule has 0 bridgehead atoms. The fourth-order valence-electron chi connectivity index (χ4n) is 2.70. The van der Waals surface area contributed by atoms with E-state index < -0.39 is 0 Å². The second-order valence-electron chi connectivity index (χ2n) is 5.14. The molecule has 1 atom stereocenters. The van der Waals surface area contributed by atoms with Crippen LogP contribution in [0.25, 0.3) is 10.2 Å². The van der Waals surface area contributed by atoms with Crippen LogP contribution in [0.1, 0.15) is 12.8 Å². The lowest BCUT2D eigenvalue weighted by atomic mass is 10.1. The fraction of sp³-hybridized carbons (Fsp3) is 0.462. The van der Waals surface area contributed by atoms with Crippen LogP contribution in [0.15, 0.2) is 17.6 Å². The van der Waals surface area contributed by atoms with Crippen LogP contribution in [0.2, 0.25) is 0 Å². The van der Waals surface area contributed by atoms with Crippen LogP contribution in [0.5, 0.6) is 0 Å². The average molecular weight is 292 g/mol. The second kappa shape index (κ2) is 4.99. The molecule has 1 aliphatic carbocycles. The molecule has 1 aromatic heterocycles.